The van der Waals surface area contributed by atoms with Crippen molar-refractivity contribution in [3.63, 3.8) is 0 Å². The lowest BCUT2D eigenvalue weighted by molar-refractivity contribution is -0.119. The van der Waals surface area contributed by atoms with E-state index in [1.165, 1.54) is 19.2 Å². The molecule has 3 aromatic rings. The van der Waals surface area contributed by atoms with Gasteiger partial charge in [0.05, 0.1) is 13.2 Å². The molecule has 28 heavy (non-hydrogen) atoms. The maximum Gasteiger partial charge on any atom is 0.251 e. The predicted octanol–water partition coefficient (Wildman–Crippen LogP) is 2.98. The first-order chi connectivity index (χ1) is 13.6. The zero-order chi connectivity index (χ0) is 19.9. The first-order valence-corrected chi connectivity index (χ1v) is 8.68. The second-order valence-corrected chi connectivity index (χ2v) is 6.07. The van der Waals surface area contributed by atoms with Gasteiger partial charge in [0.1, 0.15) is 23.9 Å². The number of carbonyl (C=O) groups excluding carboxylic acids is 1. The Hall–Kier alpha value is -3.10. The molecule has 0 bridgehead atoms. The van der Waals surface area contributed by atoms with Crippen LogP contribution in [0.2, 0.25) is 0 Å². The zero-order valence-electron chi connectivity index (χ0n) is 15.7. The average Bonchev–Trinajstić information content (AvgIpc) is 3.11. The number of pyridine rings is 1. The number of halogens is 1. The van der Waals surface area contributed by atoms with E-state index in [-0.39, 0.29) is 18.3 Å². The van der Waals surface area contributed by atoms with Crippen LogP contribution in [0.1, 0.15) is 0 Å². The number of ether oxygens (including phenoxy) is 2. The van der Waals surface area contributed by atoms with E-state index in [9.17, 15) is 9.18 Å². The lowest BCUT2D eigenvalue weighted by Crippen LogP contribution is -2.17. The molecule has 146 valence electrons. The number of nitrogens with one attached hydrogen (secondary N) is 1. The Bertz CT molecular complexity index is 941. The van der Waals surface area contributed by atoms with Crippen molar-refractivity contribution in [1.82, 2.24) is 14.8 Å². The van der Waals surface area contributed by atoms with E-state index in [4.69, 9.17) is 9.47 Å². The summed E-state index contributed by atoms with van der Waals surface area (Å²) in [6, 6.07) is 9.76. The second kappa shape index (κ2) is 9.20. The summed E-state index contributed by atoms with van der Waals surface area (Å²) in [6.07, 6.45) is 3.51. The number of hydrogen-bond acceptors (Lipinski definition) is 5. The molecule has 0 atom stereocenters. The lowest BCUT2D eigenvalue weighted by atomic mass is 10.0. The quantitative estimate of drug-likeness (QED) is 0.646. The molecule has 1 amide bonds. The maximum absolute atomic E-state index is 13.3. The van der Waals surface area contributed by atoms with Crippen LogP contribution in [0, 0.1) is 5.82 Å². The van der Waals surface area contributed by atoms with Gasteiger partial charge in [0.15, 0.2) is 0 Å². The number of anilines is 1. The Morgan fingerprint density at radius 1 is 1.14 bits per heavy atom. The van der Waals surface area contributed by atoms with E-state index in [1.54, 1.807) is 36.2 Å². The van der Waals surface area contributed by atoms with Crippen LogP contribution in [0.4, 0.5) is 10.2 Å². The molecular weight excluding hydrogens is 363 g/mol. The largest absolute Gasteiger partial charge is 0.383 e. The van der Waals surface area contributed by atoms with Crippen LogP contribution >= 0.6 is 0 Å². The van der Waals surface area contributed by atoms with Gasteiger partial charge >= 0.3 is 0 Å². The van der Waals surface area contributed by atoms with Gasteiger partial charge in [-0.2, -0.15) is 5.10 Å². The van der Waals surface area contributed by atoms with Gasteiger partial charge in [0, 0.05) is 37.7 Å². The highest BCUT2D eigenvalue weighted by molar-refractivity contribution is 5.91. The molecule has 0 radical (unpaired) electrons. The van der Waals surface area contributed by atoms with Crippen molar-refractivity contribution in [2.75, 3.05) is 32.8 Å². The van der Waals surface area contributed by atoms with Crippen molar-refractivity contribution in [2.45, 2.75) is 6.54 Å². The van der Waals surface area contributed by atoms with Crippen molar-refractivity contribution in [1.29, 1.82) is 0 Å². The molecule has 8 heteroatoms. The van der Waals surface area contributed by atoms with Gasteiger partial charge in [0.25, 0.3) is 5.91 Å². The van der Waals surface area contributed by atoms with E-state index < -0.39 is 0 Å². The third-order valence-electron chi connectivity index (χ3n) is 4.02. The molecule has 0 spiro atoms. The third-order valence-corrected chi connectivity index (χ3v) is 4.02. The van der Waals surface area contributed by atoms with E-state index in [0.29, 0.717) is 24.7 Å². The highest BCUT2D eigenvalue weighted by atomic mass is 19.1. The van der Waals surface area contributed by atoms with Gasteiger partial charge in [-0.15, -0.1) is 0 Å². The standard InChI is InChI=1S/C20H21FN4O3/c1-27-10-9-25-12-17(20(24-25)14-3-5-16(21)6-4-14)15-7-8-22-18(11-15)23-19(26)13-28-2/h3-8,11-12H,9-10,13H2,1-2H3,(H,22,23,26). The second-order valence-electron chi connectivity index (χ2n) is 6.07. The van der Waals surface area contributed by atoms with E-state index in [0.717, 1.165) is 16.7 Å². The number of aromatic nitrogens is 3. The fourth-order valence-electron chi connectivity index (χ4n) is 2.73. The Morgan fingerprint density at radius 3 is 2.64 bits per heavy atom. The first kappa shape index (κ1) is 19.7. The Morgan fingerprint density at radius 2 is 1.93 bits per heavy atom. The summed E-state index contributed by atoms with van der Waals surface area (Å²) in [7, 11) is 3.08. The van der Waals surface area contributed by atoms with Gasteiger partial charge in [0.2, 0.25) is 0 Å². The average molecular weight is 384 g/mol. The summed E-state index contributed by atoms with van der Waals surface area (Å²) in [5.74, 6) is -0.188. The van der Waals surface area contributed by atoms with Gasteiger partial charge in [-0.05, 0) is 42.0 Å². The highest BCUT2D eigenvalue weighted by Gasteiger charge is 2.15. The lowest BCUT2D eigenvalue weighted by Gasteiger charge is -2.07. The molecule has 2 heterocycles. The number of carbonyl (C=O) groups is 1. The Balaban J connectivity index is 1.98. The molecule has 7 nitrogen and oxygen atoms in total. The minimum atomic E-state index is -0.309. The number of amides is 1. The van der Waals surface area contributed by atoms with Crippen molar-refractivity contribution in [2.24, 2.45) is 0 Å². The summed E-state index contributed by atoms with van der Waals surface area (Å²) < 4.78 is 25.1. The summed E-state index contributed by atoms with van der Waals surface area (Å²) >= 11 is 0. The monoisotopic (exact) mass is 384 g/mol. The molecule has 1 N–H and O–H groups in total. The summed E-state index contributed by atoms with van der Waals surface area (Å²) in [5, 5.41) is 7.32. The minimum Gasteiger partial charge on any atom is -0.383 e. The molecule has 2 aromatic heterocycles. The SMILES string of the molecule is COCCn1cc(-c2ccnc(NC(=O)COC)c2)c(-c2ccc(F)cc2)n1. The van der Waals surface area contributed by atoms with Crippen molar-refractivity contribution in [3.05, 3.63) is 54.6 Å². The maximum atomic E-state index is 13.3. The molecule has 3 rings (SSSR count). The Kier molecular flexibility index (Phi) is 6.46. The van der Waals surface area contributed by atoms with Crippen LogP contribution in [0.15, 0.2) is 48.8 Å². The Labute approximate surface area is 162 Å². The molecule has 0 saturated heterocycles. The molecule has 0 aliphatic rings. The molecular formula is C20H21FN4O3. The van der Waals surface area contributed by atoms with Crippen molar-refractivity contribution < 1.29 is 18.7 Å². The van der Waals surface area contributed by atoms with Gasteiger partial charge in [-0.3, -0.25) is 9.48 Å². The van der Waals surface area contributed by atoms with Crippen LogP contribution in [0.3, 0.4) is 0 Å². The smallest absolute Gasteiger partial charge is 0.251 e. The number of rotatable bonds is 8. The topological polar surface area (TPSA) is 78.3 Å². The molecule has 0 saturated carbocycles. The number of nitrogens with zero attached hydrogens (tertiary/aromatic N) is 3. The van der Waals surface area contributed by atoms with E-state index in [2.05, 4.69) is 15.4 Å². The van der Waals surface area contributed by atoms with Gasteiger partial charge in [-0.1, -0.05) is 0 Å². The minimum absolute atomic E-state index is 0.0539. The number of methoxy groups -OCH3 is 2. The van der Waals surface area contributed by atoms with Crippen LogP contribution in [0.5, 0.6) is 0 Å². The third kappa shape index (κ3) is 4.79. The van der Waals surface area contributed by atoms with Crippen LogP contribution in [0.25, 0.3) is 22.4 Å². The van der Waals surface area contributed by atoms with Gasteiger partial charge in [-0.25, -0.2) is 9.37 Å². The summed E-state index contributed by atoms with van der Waals surface area (Å²) in [5.41, 5.74) is 3.16. The summed E-state index contributed by atoms with van der Waals surface area (Å²) in [6.45, 7) is 1.04. The molecule has 0 unspecified atom stereocenters. The molecule has 0 aliphatic carbocycles. The highest BCUT2D eigenvalue weighted by Crippen LogP contribution is 2.32. The first-order valence-electron chi connectivity index (χ1n) is 8.68. The van der Waals surface area contributed by atoms with Crippen molar-refractivity contribution in [3.8, 4) is 22.4 Å². The number of hydrogen-bond donors (Lipinski definition) is 1. The van der Waals surface area contributed by atoms with E-state index >= 15 is 0 Å². The fraction of sp³-hybridized carbons (Fsp3) is 0.250. The van der Waals surface area contributed by atoms with Crippen LogP contribution in [-0.2, 0) is 20.8 Å². The summed E-state index contributed by atoms with van der Waals surface area (Å²) in [4.78, 5) is 15.9. The van der Waals surface area contributed by atoms with Crippen molar-refractivity contribution >= 4 is 11.7 Å². The zero-order valence-corrected chi connectivity index (χ0v) is 15.7. The number of benzene rings is 1. The fourth-order valence-corrected chi connectivity index (χ4v) is 2.73. The molecule has 0 aliphatic heterocycles. The van der Waals surface area contributed by atoms with Gasteiger partial charge < -0.3 is 14.8 Å². The van der Waals surface area contributed by atoms with E-state index in [1.807, 2.05) is 12.3 Å². The normalized spacial score (nSPS) is 10.8. The molecule has 0 fully saturated rings. The molecule has 1 aromatic carbocycles. The van der Waals surface area contributed by atoms with Crippen LogP contribution < -0.4 is 5.32 Å². The van der Waals surface area contributed by atoms with Crippen LogP contribution in [-0.4, -0.2) is 48.1 Å². The predicted molar refractivity (Wildman–Crippen MR) is 103 cm³/mol.